The molecule has 146 valence electrons. The summed E-state index contributed by atoms with van der Waals surface area (Å²) in [5.74, 6) is 0.161. The van der Waals surface area contributed by atoms with Crippen molar-refractivity contribution >= 4 is 39.2 Å². The molecule has 0 fully saturated rings. The normalized spacial score (nSPS) is 11.1. The molecule has 0 saturated carbocycles. The van der Waals surface area contributed by atoms with E-state index in [0.717, 1.165) is 15.8 Å². The molecule has 0 amide bonds. The smallest absolute Gasteiger partial charge is 0.343 e. The molecule has 6 nitrogen and oxygen atoms in total. The topological polar surface area (TPSA) is 85.1 Å². The first kappa shape index (κ1) is 19.3. The van der Waals surface area contributed by atoms with Crippen LogP contribution in [0.1, 0.15) is 20.9 Å². The van der Waals surface area contributed by atoms with Crippen LogP contribution in [0.2, 0.25) is 0 Å². The Labute approximate surface area is 176 Å². The van der Waals surface area contributed by atoms with Crippen LogP contribution < -0.4 is 9.47 Å². The first-order valence-electron chi connectivity index (χ1n) is 8.96. The molecular weight excluding hydrogens is 398 g/mol. The summed E-state index contributed by atoms with van der Waals surface area (Å²) in [7, 11) is 1.49. The molecule has 7 heteroatoms. The van der Waals surface area contributed by atoms with Gasteiger partial charge in [-0.1, -0.05) is 18.2 Å². The van der Waals surface area contributed by atoms with E-state index >= 15 is 0 Å². The van der Waals surface area contributed by atoms with Crippen LogP contribution in [0.4, 0.5) is 0 Å². The number of benzene rings is 2. The van der Waals surface area contributed by atoms with Crippen molar-refractivity contribution in [2.45, 2.75) is 0 Å². The van der Waals surface area contributed by atoms with E-state index in [0.29, 0.717) is 21.9 Å². The summed E-state index contributed by atoms with van der Waals surface area (Å²) in [5.41, 5.74) is 2.42. The van der Waals surface area contributed by atoms with E-state index in [1.807, 2.05) is 24.3 Å². The second-order valence-electron chi connectivity index (χ2n) is 6.19. The number of para-hydroxylation sites is 1. The van der Waals surface area contributed by atoms with Crippen LogP contribution in [-0.4, -0.2) is 23.0 Å². The number of hydrogen-bond donors (Lipinski definition) is 0. The van der Waals surface area contributed by atoms with Crippen molar-refractivity contribution in [1.29, 1.82) is 5.26 Å². The monoisotopic (exact) mass is 413 g/mol. The van der Waals surface area contributed by atoms with Gasteiger partial charge >= 0.3 is 5.97 Å². The van der Waals surface area contributed by atoms with Gasteiger partial charge in [0.25, 0.3) is 0 Å². The molecular formula is C23H15N3O3S. The number of carbonyl (C=O) groups is 1. The number of aromatic nitrogens is 2. The fourth-order valence-corrected chi connectivity index (χ4v) is 3.73. The fraction of sp³-hybridized carbons (Fsp3) is 0.0435. The van der Waals surface area contributed by atoms with Gasteiger partial charge in [-0.2, -0.15) is 5.26 Å². The summed E-state index contributed by atoms with van der Waals surface area (Å²) in [6.45, 7) is 0. The van der Waals surface area contributed by atoms with Crippen LogP contribution in [-0.2, 0) is 0 Å². The van der Waals surface area contributed by atoms with Gasteiger partial charge in [0.05, 0.1) is 28.5 Å². The average molecular weight is 413 g/mol. The molecule has 0 radical (unpaired) electrons. The summed E-state index contributed by atoms with van der Waals surface area (Å²) in [4.78, 5) is 20.7. The van der Waals surface area contributed by atoms with E-state index in [9.17, 15) is 10.1 Å². The highest BCUT2D eigenvalue weighted by Gasteiger charge is 2.14. The van der Waals surface area contributed by atoms with Crippen molar-refractivity contribution in [1.82, 2.24) is 9.97 Å². The Morgan fingerprint density at radius 3 is 2.63 bits per heavy atom. The predicted octanol–water partition coefficient (Wildman–Crippen LogP) is 4.98. The van der Waals surface area contributed by atoms with Gasteiger partial charge in [0.15, 0.2) is 11.5 Å². The molecule has 0 spiro atoms. The van der Waals surface area contributed by atoms with Crippen LogP contribution in [0.5, 0.6) is 11.5 Å². The third-order valence-corrected chi connectivity index (χ3v) is 5.33. The van der Waals surface area contributed by atoms with Gasteiger partial charge in [0.2, 0.25) is 0 Å². The Bertz CT molecular complexity index is 1260. The molecule has 0 bridgehead atoms. The molecule has 2 aromatic carbocycles. The fourth-order valence-electron chi connectivity index (χ4n) is 2.80. The molecule has 0 aliphatic rings. The molecule has 2 heterocycles. The lowest BCUT2D eigenvalue weighted by Crippen LogP contribution is -2.09. The lowest BCUT2D eigenvalue weighted by molar-refractivity contribution is 0.0729. The van der Waals surface area contributed by atoms with Gasteiger partial charge < -0.3 is 9.47 Å². The highest BCUT2D eigenvalue weighted by molar-refractivity contribution is 7.19. The number of methoxy groups -OCH3 is 1. The number of esters is 1. The standard InChI is InChI=1S/C23H15N3O3S/c1-28-20-13-15(6-7-19(20)29-23(27)16-8-10-25-11-9-16)12-17(14-24)22-26-18-4-2-3-5-21(18)30-22/h2-13H,1H3/b17-12-. The van der Waals surface area contributed by atoms with Crippen LogP contribution >= 0.6 is 11.3 Å². The maximum Gasteiger partial charge on any atom is 0.343 e. The van der Waals surface area contributed by atoms with Crippen molar-refractivity contribution < 1.29 is 14.3 Å². The van der Waals surface area contributed by atoms with Crippen molar-refractivity contribution in [2.24, 2.45) is 0 Å². The minimum atomic E-state index is -0.508. The van der Waals surface area contributed by atoms with Crippen molar-refractivity contribution in [3.05, 3.63) is 83.1 Å². The van der Waals surface area contributed by atoms with E-state index < -0.39 is 5.97 Å². The van der Waals surface area contributed by atoms with E-state index in [1.54, 1.807) is 36.4 Å². The molecule has 0 saturated heterocycles. The second-order valence-corrected chi connectivity index (χ2v) is 7.22. The average Bonchev–Trinajstić information content (AvgIpc) is 3.22. The first-order chi connectivity index (χ1) is 14.7. The largest absolute Gasteiger partial charge is 0.493 e. The predicted molar refractivity (Wildman–Crippen MR) is 115 cm³/mol. The Morgan fingerprint density at radius 2 is 1.90 bits per heavy atom. The van der Waals surface area contributed by atoms with Crippen LogP contribution in [0, 0.1) is 11.3 Å². The Morgan fingerprint density at radius 1 is 1.10 bits per heavy atom. The third kappa shape index (κ3) is 4.04. The second kappa shape index (κ2) is 8.55. The third-order valence-electron chi connectivity index (χ3n) is 4.26. The Hall–Kier alpha value is -4.02. The van der Waals surface area contributed by atoms with E-state index in [1.165, 1.54) is 30.8 Å². The van der Waals surface area contributed by atoms with E-state index in [4.69, 9.17) is 9.47 Å². The van der Waals surface area contributed by atoms with Crippen LogP contribution in [0.15, 0.2) is 67.0 Å². The zero-order chi connectivity index (χ0) is 20.9. The molecule has 0 atom stereocenters. The summed E-state index contributed by atoms with van der Waals surface area (Å²) < 4.78 is 11.8. The van der Waals surface area contributed by atoms with Gasteiger partial charge in [-0.15, -0.1) is 11.3 Å². The zero-order valence-electron chi connectivity index (χ0n) is 15.9. The van der Waals surface area contributed by atoms with Crippen LogP contribution in [0.3, 0.4) is 0 Å². The lowest BCUT2D eigenvalue weighted by atomic mass is 10.1. The minimum absolute atomic E-state index is 0.287. The van der Waals surface area contributed by atoms with Gasteiger partial charge in [0, 0.05) is 12.4 Å². The number of ether oxygens (including phenoxy) is 2. The number of thiazole rings is 1. The van der Waals surface area contributed by atoms with Crippen molar-refractivity contribution in [3.8, 4) is 17.6 Å². The summed E-state index contributed by atoms with van der Waals surface area (Å²) in [6, 6.07) is 18.2. The zero-order valence-corrected chi connectivity index (χ0v) is 16.7. The number of rotatable bonds is 5. The Kier molecular flexibility index (Phi) is 5.50. The first-order valence-corrected chi connectivity index (χ1v) is 9.77. The minimum Gasteiger partial charge on any atom is -0.493 e. The highest BCUT2D eigenvalue weighted by atomic mass is 32.1. The van der Waals surface area contributed by atoms with Gasteiger partial charge in [-0.05, 0) is 48.0 Å². The summed E-state index contributed by atoms with van der Waals surface area (Å²) in [6.07, 6.45) is 4.77. The number of nitrogens with zero attached hydrogens (tertiary/aromatic N) is 3. The van der Waals surface area contributed by atoms with Crippen LogP contribution in [0.25, 0.3) is 21.9 Å². The molecule has 4 aromatic rings. The SMILES string of the molecule is COc1cc(/C=C(/C#N)c2nc3ccccc3s2)ccc1OC(=O)c1ccncc1. The molecule has 30 heavy (non-hydrogen) atoms. The molecule has 0 aliphatic heterocycles. The molecule has 0 unspecified atom stereocenters. The number of nitriles is 1. The molecule has 0 N–H and O–H groups in total. The van der Waals surface area contributed by atoms with Gasteiger partial charge in [-0.25, -0.2) is 9.78 Å². The molecule has 2 aromatic heterocycles. The molecule has 0 aliphatic carbocycles. The lowest BCUT2D eigenvalue weighted by Gasteiger charge is -2.10. The van der Waals surface area contributed by atoms with Crippen molar-refractivity contribution in [3.63, 3.8) is 0 Å². The van der Waals surface area contributed by atoms with Gasteiger partial charge in [0.1, 0.15) is 11.1 Å². The maximum absolute atomic E-state index is 12.3. The van der Waals surface area contributed by atoms with E-state index in [-0.39, 0.29) is 5.75 Å². The van der Waals surface area contributed by atoms with Gasteiger partial charge in [-0.3, -0.25) is 4.98 Å². The maximum atomic E-state index is 12.3. The van der Waals surface area contributed by atoms with Crippen molar-refractivity contribution in [2.75, 3.05) is 7.11 Å². The quantitative estimate of drug-likeness (QED) is 0.260. The number of allylic oxidation sites excluding steroid dienone is 1. The number of carbonyl (C=O) groups excluding carboxylic acids is 1. The van der Waals surface area contributed by atoms with E-state index in [2.05, 4.69) is 16.0 Å². The molecule has 4 rings (SSSR count). The summed E-state index contributed by atoms with van der Waals surface area (Å²) >= 11 is 1.46. The Balaban J connectivity index is 1.63. The highest BCUT2D eigenvalue weighted by Crippen LogP contribution is 2.32. The number of pyridine rings is 1. The number of hydrogen-bond acceptors (Lipinski definition) is 7. The summed E-state index contributed by atoms with van der Waals surface area (Å²) in [5, 5.41) is 10.3. The number of fused-ring (bicyclic) bond motifs is 1.